The van der Waals surface area contributed by atoms with Gasteiger partial charge < -0.3 is 39.8 Å². The lowest BCUT2D eigenvalue weighted by atomic mass is 9.94. The molecule has 6 rings (SSSR count). The second-order valence-electron chi connectivity index (χ2n) is 11.8. The number of aromatic hydroxyl groups is 6. The molecule has 9 heteroatoms. The molecule has 0 bridgehead atoms. The summed E-state index contributed by atoms with van der Waals surface area (Å²) in [4.78, 5) is 13.7. The van der Waals surface area contributed by atoms with Crippen molar-refractivity contribution in [3.8, 4) is 73.8 Å². The van der Waals surface area contributed by atoms with Crippen LogP contribution in [0.5, 0.6) is 40.2 Å². The Balaban J connectivity index is 1.51. The Kier molecular flexibility index (Phi) is 8.20. The number of phenolic OH excluding ortho intramolecular Hbond substituents is 6. The van der Waals surface area contributed by atoms with E-state index in [2.05, 4.69) is 0 Å². The zero-order valence-electron chi connectivity index (χ0n) is 26.3. The minimum atomic E-state index is -0.942. The third-order valence-electron chi connectivity index (χ3n) is 7.92. The van der Waals surface area contributed by atoms with Gasteiger partial charge in [-0.1, -0.05) is 23.8 Å². The maximum absolute atomic E-state index is 13.7. The molecule has 0 saturated carbocycles. The largest absolute Gasteiger partial charge is 0.508 e. The highest BCUT2D eigenvalue weighted by atomic mass is 16.5. The second kappa shape index (κ2) is 12.4. The standard InChI is InChI=1S/C39H32O9/c1-20(2)4-8-29-31(42)11-10-30(38(29)45)39(46)48-36-17-24(34-16-22-5-6-27(41)19-35(22)47-34)15-33(44)37(36)25-13-21(3)12-23(14-25)28-9-7-26(40)18-32(28)43/h4-7,9-19,40-45H,8H2,1-3H3. The molecule has 0 spiro atoms. The van der Waals surface area contributed by atoms with Crippen molar-refractivity contribution in [2.75, 3.05) is 0 Å². The molecule has 0 saturated heterocycles. The van der Waals surface area contributed by atoms with Gasteiger partial charge >= 0.3 is 5.97 Å². The summed E-state index contributed by atoms with van der Waals surface area (Å²) in [5.74, 6) is -1.79. The van der Waals surface area contributed by atoms with Crippen molar-refractivity contribution < 1.29 is 44.6 Å². The second-order valence-corrected chi connectivity index (χ2v) is 11.8. The van der Waals surface area contributed by atoms with Gasteiger partial charge in [0.05, 0.1) is 5.56 Å². The van der Waals surface area contributed by atoms with Crippen LogP contribution in [-0.4, -0.2) is 36.6 Å². The normalized spacial score (nSPS) is 11.1. The van der Waals surface area contributed by atoms with Crippen molar-refractivity contribution in [2.24, 2.45) is 0 Å². The molecule has 0 aliphatic rings. The fourth-order valence-electron chi connectivity index (χ4n) is 5.58. The molecule has 5 aromatic carbocycles. The molecule has 0 amide bonds. The van der Waals surface area contributed by atoms with E-state index >= 15 is 0 Å². The van der Waals surface area contributed by atoms with Crippen LogP contribution in [0.1, 0.15) is 35.3 Å². The van der Waals surface area contributed by atoms with Gasteiger partial charge in [-0.25, -0.2) is 4.79 Å². The molecule has 0 atom stereocenters. The summed E-state index contributed by atoms with van der Waals surface area (Å²) in [5.41, 5.74) is 4.02. The highest BCUT2D eigenvalue weighted by Crippen LogP contribution is 2.45. The van der Waals surface area contributed by atoms with Crippen LogP contribution >= 0.6 is 0 Å². The molecule has 9 nitrogen and oxygen atoms in total. The number of aryl methyl sites for hydroxylation is 1. The Labute approximate surface area is 275 Å². The van der Waals surface area contributed by atoms with Gasteiger partial charge in [0.1, 0.15) is 57.2 Å². The average Bonchev–Trinajstić information content (AvgIpc) is 3.43. The molecule has 48 heavy (non-hydrogen) atoms. The number of carbonyl (C=O) groups is 1. The van der Waals surface area contributed by atoms with E-state index in [1.54, 1.807) is 36.4 Å². The van der Waals surface area contributed by atoms with Gasteiger partial charge in [0, 0.05) is 34.2 Å². The number of ether oxygens (including phenoxy) is 1. The maximum atomic E-state index is 13.7. The quantitative estimate of drug-likeness (QED) is 0.0567. The lowest BCUT2D eigenvalue weighted by molar-refractivity contribution is 0.0732. The smallest absolute Gasteiger partial charge is 0.347 e. The molecule has 0 aliphatic heterocycles. The molecule has 6 N–H and O–H groups in total. The van der Waals surface area contributed by atoms with Gasteiger partial charge in [0.2, 0.25) is 0 Å². The fourth-order valence-corrected chi connectivity index (χ4v) is 5.58. The third kappa shape index (κ3) is 6.21. The first-order chi connectivity index (χ1) is 22.9. The molecule has 6 aromatic rings. The number of hydrogen-bond acceptors (Lipinski definition) is 9. The summed E-state index contributed by atoms with van der Waals surface area (Å²) in [6, 6.07) is 21.4. The Hall–Kier alpha value is -6.35. The van der Waals surface area contributed by atoms with Crippen LogP contribution in [0.3, 0.4) is 0 Å². The maximum Gasteiger partial charge on any atom is 0.347 e. The van der Waals surface area contributed by atoms with Crippen LogP contribution in [-0.2, 0) is 6.42 Å². The first-order valence-electron chi connectivity index (χ1n) is 15.0. The molecule has 0 aliphatic carbocycles. The SMILES string of the molecule is CC(C)=CCc1c(O)ccc(C(=O)Oc2cc(-c3cc4ccc(O)cc4o3)cc(O)c2-c2cc(C)cc(-c3ccc(O)cc3O)c2)c1O. The zero-order chi connectivity index (χ0) is 34.3. The van der Waals surface area contributed by atoms with Gasteiger partial charge in [-0.15, -0.1) is 0 Å². The van der Waals surface area contributed by atoms with Crippen LogP contribution in [0.4, 0.5) is 0 Å². The number of esters is 1. The molecule has 0 fully saturated rings. The minimum absolute atomic E-state index is 0.0174. The number of carbonyl (C=O) groups excluding carboxylic acids is 1. The predicted molar refractivity (Wildman–Crippen MR) is 182 cm³/mol. The van der Waals surface area contributed by atoms with Crippen LogP contribution in [0.15, 0.2) is 101 Å². The van der Waals surface area contributed by atoms with E-state index in [0.29, 0.717) is 39.0 Å². The van der Waals surface area contributed by atoms with Crippen molar-refractivity contribution in [1.29, 1.82) is 0 Å². The number of hydrogen-bond donors (Lipinski definition) is 6. The molecule has 1 heterocycles. The Morgan fingerprint density at radius 1 is 0.729 bits per heavy atom. The lowest BCUT2D eigenvalue weighted by Crippen LogP contribution is -2.10. The highest BCUT2D eigenvalue weighted by molar-refractivity contribution is 5.97. The van der Waals surface area contributed by atoms with Crippen LogP contribution < -0.4 is 4.74 Å². The van der Waals surface area contributed by atoms with Gasteiger partial charge in [0.15, 0.2) is 0 Å². The topological polar surface area (TPSA) is 161 Å². The minimum Gasteiger partial charge on any atom is -0.508 e. The van der Waals surface area contributed by atoms with Crippen molar-refractivity contribution in [3.05, 3.63) is 113 Å². The summed E-state index contributed by atoms with van der Waals surface area (Å²) >= 11 is 0. The van der Waals surface area contributed by atoms with Gasteiger partial charge in [-0.3, -0.25) is 0 Å². The Morgan fingerprint density at radius 3 is 2.21 bits per heavy atom. The Morgan fingerprint density at radius 2 is 1.46 bits per heavy atom. The van der Waals surface area contributed by atoms with E-state index in [1.165, 1.54) is 48.5 Å². The van der Waals surface area contributed by atoms with E-state index in [1.807, 2.05) is 26.8 Å². The first kappa shape index (κ1) is 31.6. The third-order valence-corrected chi connectivity index (χ3v) is 7.92. The fraction of sp³-hybridized carbons (Fsp3) is 0.103. The summed E-state index contributed by atoms with van der Waals surface area (Å²) in [7, 11) is 0. The number of fused-ring (bicyclic) bond motifs is 1. The number of rotatable bonds is 7. The molecule has 1 aromatic heterocycles. The van der Waals surface area contributed by atoms with Crippen molar-refractivity contribution in [1.82, 2.24) is 0 Å². The van der Waals surface area contributed by atoms with Crippen molar-refractivity contribution in [2.45, 2.75) is 27.2 Å². The van der Waals surface area contributed by atoms with E-state index < -0.39 is 11.7 Å². The molecular weight excluding hydrogens is 612 g/mol. The number of allylic oxidation sites excluding steroid dienone is 2. The number of phenols is 6. The van der Waals surface area contributed by atoms with Gasteiger partial charge in [0.25, 0.3) is 0 Å². The van der Waals surface area contributed by atoms with E-state index in [4.69, 9.17) is 9.15 Å². The first-order valence-corrected chi connectivity index (χ1v) is 15.0. The lowest BCUT2D eigenvalue weighted by Gasteiger charge is -2.17. The van der Waals surface area contributed by atoms with Crippen LogP contribution in [0.25, 0.3) is 44.5 Å². The van der Waals surface area contributed by atoms with E-state index in [0.717, 1.165) is 11.1 Å². The number of benzene rings is 5. The predicted octanol–water partition coefficient (Wildman–Crippen LogP) is 8.70. The number of furan rings is 1. The summed E-state index contributed by atoms with van der Waals surface area (Å²) in [6.07, 6.45) is 1.98. The summed E-state index contributed by atoms with van der Waals surface area (Å²) in [6.45, 7) is 5.57. The highest BCUT2D eigenvalue weighted by Gasteiger charge is 2.24. The molecular formula is C39H32O9. The monoisotopic (exact) mass is 644 g/mol. The van der Waals surface area contributed by atoms with Crippen LogP contribution in [0.2, 0.25) is 0 Å². The van der Waals surface area contributed by atoms with Crippen molar-refractivity contribution in [3.63, 3.8) is 0 Å². The van der Waals surface area contributed by atoms with E-state index in [9.17, 15) is 35.4 Å². The Bertz CT molecular complexity index is 2260. The van der Waals surface area contributed by atoms with Crippen molar-refractivity contribution >= 4 is 16.9 Å². The van der Waals surface area contributed by atoms with Gasteiger partial charge in [-0.2, -0.15) is 0 Å². The van der Waals surface area contributed by atoms with Gasteiger partial charge in [-0.05, 0) is 105 Å². The van der Waals surface area contributed by atoms with E-state index in [-0.39, 0.29) is 57.6 Å². The molecule has 0 unspecified atom stereocenters. The molecule has 0 radical (unpaired) electrons. The summed E-state index contributed by atoms with van der Waals surface area (Å²) < 4.78 is 11.9. The van der Waals surface area contributed by atoms with Crippen LogP contribution in [0, 0.1) is 6.92 Å². The average molecular weight is 645 g/mol. The molecule has 242 valence electrons. The summed E-state index contributed by atoms with van der Waals surface area (Å²) in [5, 5.41) is 64.0. The zero-order valence-corrected chi connectivity index (χ0v) is 26.3.